The Kier molecular flexibility index (Phi) is 5.84. The molecule has 7 heteroatoms. The highest BCUT2D eigenvalue weighted by Crippen LogP contribution is 2.22. The Balaban J connectivity index is 2.86. The highest BCUT2D eigenvalue weighted by atomic mass is 35.5. The van der Waals surface area contributed by atoms with E-state index >= 15 is 0 Å². The first kappa shape index (κ1) is 15.2. The molecule has 0 aliphatic carbocycles. The van der Waals surface area contributed by atoms with Gasteiger partial charge in [0.05, 0.1) is 5.02 Å². The van der Waals surface area contributed by atoms with Crippen LogP contribution in [0.3, 0.4) is 0 Å². The molecule has 5 nitrogen and oxygen atoms in total. The average molecular weight is 292 g/mol. The van der Waals surface area contributed by atoms with Crippen molar-refractivity contribution in [2.75, 3.05) is 18.4 Å². The minimum Gasteiger partial charge on any atom is -0.369 e. The van der Waals surface area contributed by atoms with Crippen LogP contribution >= 0.6 is 11.6 Å². The van der Waals surface area contributed by atoms with E-state index in [4.69, 9.17) is 11.6 Å². The smallest absolute Gasteiger partial charge is 0.242 e. The fourth-order valence-electron chi connectivity index (χ4n) is 1.33. The van der Waals surface area contributed by atoms with Crippen molar-refractivity contribution in [1.82, 2.24) is 9.71 Å². The molecule has 0 aromatic carbocycles. The number of aromatic nitrogens is 1. The Morgan fingerprint density at radius 3 is 2.67 bits per heavy atom. The number of pyridine rings is 1. The monoisotopic (exact) mass is 291 g/mol. The third kappa shape index (κ3) is 4.12. The Morgan fingerprint density at radius 1 is 1.39 bits per heavy atom. The highest BCUT2D eigenvalue weighted by Gasteiger charge is 2.15. The lowest BCUT2D eigenvalue weighted by Crippen LogP contribution is -2.24. The van der Waals surface area contributed by atoms with E-state index < -0.39 is 10.0 Å². The van der Waals surface area contributed by atoms with Crippen molar-refractivity contribution in [2.24, 2.45) is 0 Å². The van der Waals surface area contributed by atoms with E-state index in [0.29, 0.717) is 23.9 Å². The van der Waals surface area contributed by atoms with Crippen molar-refractivity contribution in [3.63, 3.8) is 0 Å². The Labute approximate surface area is 113 Å². The van der Waals surface area contributed by atoms with Gasteiger partial charge in [-0.2, -0.15) is 0 Å². The number of hydrogen-bond acceptors (Lipinski definition) is 4. The van der Waals surface area contributed by atoms with Crippen molar-refractivity contribution in [3.05, 3.63) is 17.3 Å². The minimum atomic E-state index is -3.51. The second-order valence-corrected chi connectivity index (χ2v) is 5.96. The van der Waals surface area contributed by atoms with Gasteiger partial charge in [-0.3, -0.25) is 0 Å². The molecule has 2 N–H and O–H groups in total. The van der Waals surface area contributed by atoms with Gasteiger partial charge in [-0.1, -0.05) is 24.9 Å². The second kappa shape index (κ2) is 6.92. The van der Waals surface area contributed by atoms with E-state index in [1.54, 1.807) is 0 Å². The van der Waals surface area contributed by atoms with E-state index in [-0.39, 0.29) is 4.90 Å². The number of anilines is 1. The molecule has 0 saturated heterocycles. The Morgan fingerprint density at radius 2 is 2.11 bits per heavy atom. The summed E-state index contributed by atoms with van der Waals surface area (Å²) in [5, 5.41) is 3.25. The molecular formula is C11H18ClN3O2S. The zero-order chi connectivity index (χ0) is 13.6. The van der Waals surface area contributed by atoms with Crippen LogP contribution in [0.15, 0.2) is 17.2 Å². The van der Waals surface area contributed by atoms with Crippen LogP contribution in [0.4, 0.5) is 5.82 Å². The molecule has 1 aromatic rings. The van der Waals surface area contributed by atoms with Gasteiger partial charge >= 0.3 is 0 Å². The summed E-state index contributed by atoms with van der Waals surface area (Å²) in [5.41, 5.74) is 0. The number of hydrogen-bond donors (Lipinski definition) is 2. The maximum atomic E-state index is 11.9. The molecule has 18 heavy (non-hydrogen) atoms. The molecule has 0 spiro atoms. The number of halogens is 1. The van der Waals surface area contributed by atoms with Gasteiger partial charge in [-0.05, 0) is 19.4 Å². The molecule has 1 heterocycles. The molecule has 0 amide bonds. The number of sulfonamides is 1. The van der Waals surface area contributed by atoms with Crippen LogP contribution in [0.2, 0.25) is 5.02 Å². The van der Waals surface area contributed by atoms with Gasteiger partial charge < -0.3 is 5.32 Å². The fraction of sp³-hybridized carbons (Fsp3) is 0.545. The summed E-state index contributed by atoms with van der Waals surface area (Å²) in [6, 6.07) is 1.40. The molecule has 0 bridgehead atoms. The van der Waals surface area contributed by atoms with Gasteiger partial charge in [-0.15, -0.1) is 0 Å². The first-order valence-corrected chi connectivity index (χ1v) is 7.76. The van der Waals surface area contributed by atoms with Gasteiger partial charge in [0.15, 0.2) is 0 Å². The lowest BCUT2D eigenvalue weighted by atomic mass is 10.3. The minimum absolute atomic E-state index is 0.0882. The molecule has 0 fully saturated rings. The lowest BCUT2D eigenvalue weighted by Gasteiger charge is -2.08. The first-order chi connectivity index (χ1) is 8.51. The summed E-state index contributed by atoms with van der Waals surface area (Å²) in [6.45, 7) is 5.01. The maximum Gasteiger partial charge on any atom is 0.242 e. The summed E-state index contributed by atoms with van der Waals surface area (Å²) >= 11 is 5.96. The summed E-state index contributed by atoms with van der Waals surface area (Å²) < 4.78 is 26.3. The van der Waals surface area contributed by atoms with Gasteiger partial charge in [-0.25, -0.2) is 18.1 Å². The normalized spacial score (nSPS) is 11.5. The van der Waals surface area contributed by atoms with Gasteiger partial charge in [0.1, 0.15) is 10.7 Å². The van der Waals surface area contributed by atoms with Crippen molar-refractivity contribution in [1.29, 1.82) is 0 Å². The molecule has 0 unspecified atom stereocenters. The molecule has 0 saturated carbocycles. The standard InChI is InChI=1S/C11H18ClN3O2S/c1-3-5-6-15-18(16,17)9-7-10(12)11(13-4-2)14-8-9/h7-8,15H,3-6H2,1-2H3,(H,13,14). The zero-order valence-corrected chi connectivity index (χ0v) is 12.1. The number of nitrogens with one attached hydrogen (secondary N) is 2. The van der Waals surface area contributed by atoms with Crippen LogP contribution in [0.25, 0.3) is 0 Å². The third-order valence-electron chi connectivity index (χ3n) is 2.29. The second-order valence-electron chi connectivity index (χ2n) is 3.78. The van der Waals surface area contributed by atoms with Crippen molar-refractivity contribution >= 4 is 27.4 Å². The van der Waals surface area contributed by atoms with Crippen LogP contribution in [0, 0.1) is 0 Å². The van der Waals surface area contributed by atoms with Crippen molar-refractivity contribution < 1.29 is 8.42 Å². The first-order valence-electron chi connectivity index (χ1n) is 5.90. The van der Waals surface area contributed by atoms with E-state index in [1.807, 2.05) is 13.8 Å². The lowest BCUT2D eigenvalue weighted by molar-refractivity contribution is 0.578. The molecule has 0 atom stereocenters. The molecule has 0 aliphatic heterocycles. The molecule has 1 aromatic heterocycles. The predicted molar refractivity (Wildman–Crippen MR) is 73.5 cm³/mol. The molecule has 0 radical (unpaired) electrons. The SMILES string of the molecule is CCCCNS(=O)(=O)c1cnc(NCC)c(Cl)c1. The van der Waals surface area contributed by atoms with Crippen LogP contribution in [0.5, 0.6) is 0 Å². The van der Waals surface area contributed by atoms with E-state index in [0.717, 1.165) is 12.8 Å². The zero-order valence-electron chi connectivity index (χ0n) is 10.5. The van der Waals surface area contributed by atoms with E-state index in [2.05, 4.69) is 15.0 Å². The maximum absolute atomic E-state index is 11.9. The summed E-state index contributed by atoms with van der Waals surface area (Å²) in [6.07, 6.45) is 3.04. The van der Waals surface area contributed by atoms with Crippen LogP contribution in [-0.2, 0) is 10.0 Å². The largest absolute Gasteiger partial charge is 0.369 e. The molecule has 1 rings (SSSR count). The number of nitrogens with zero attached hydrogens (tertiary/aromatic N) is 1. The van der Waals surface area contributed by atoms with Crippen LogP contribution in [0.1, 0.15) is 26.7 Å². The summed E-state index contributed by atoms with van der Waals surface area (Å²) in [7, 11) is -3.51. The van der Waals surface area contributed by atoms with Crippen molar-refractivity contribution in [2.45, 2.75) is 31.6 Å². The average Bonchev–Trinajstić information content (AvgIpc) is 2.32. The van der Waals surface area contributed by atoms with Gasteiger partial charge in [0, 0.05) is 19.3 Å². The molecule has 0 aliphatic rings. The Bertz CT molecular complexity index is 491. The molecular weight excluding hydrogens is 274 g/mol. The topological polar surface area (TPSA) is 71.1 Å². The fourth-order valence-corrected chi connectivity index (χ4v) is 2.67. The number of rotatable bonds is 7. The summed E-state index contributed by atoms with van der Waals surface area (Å²) in [5.74, 6) is 0.492. The molecule has 102 valence electrons. The highest BCUT2D eigenvalue weighted by molar-refractivity contribution is 7.89. The third-order valence-corrected chi connectivity index (χ3v) is 4.01. The van der Waals surface area contributed by atoms with Crippen LogP contribution in [-0.4, -0.2) is 26.5 Å². The van der Waals surface area contributed by atoms with Gasteiger partial charge in [0.25, 0.3) is 0 Å². The number of unbranched alkanes of at least 4 members (excludes halogenated alkanes) is 1. The predicted octanol–water partition coefficient (Wildman–Crippen LogP) is 2.25. The Hall–Kier alpha value is -0.850. The van der Waals surface area contributed by atoms with Crippen molar-refractivity contribution in [3.8, 4) is 0 Å². The van der Waals surface area contributed by atoms with E-state index in [1.165, 1.54) is 12.3 Å². The van der Waals surface area contributed by atoms with Gasteiger partial charge in [0.2, 0.25) is 10.0 Å². The quantitative estimate of drug-likeness (QED) is 0.756. The van der Waals surface area contributed by atoms with Crippen LogP contribution < -0.4 is 10.0 Å². The van der Waals surface area contributed by atoms with E-state index in [9.17, 15) is 8.42 Å². The summed E-state index contributed by atoms with van der Waals surface area (Å²) in [4.78, 5) is 4.09.